The van der Waals surface area contributed by atoms with Gasteiger partial charge in [-0.15, -0.1) is 11.3 Å². The standard InChI is InChI=1S/C29H18N2S/c30-19-20-17-24(21-9-2-1-3-10-21)29(25(18-20)28-15-8-16-32-28)31-26-13-6-4-11-22(26)23-12-5-7-14-27(23)31/h1-18H. The normalized spacial score (nSPS) is 11.1. The predicted molar refractivity (Wildman–Crippen MR) is 134 cm³/mol. The zero-order valence-electron chi connectivity index (χ0n) is 17.2. The molecule has 32 heavy (non-hydrogen) atoms. The van der Waals surface area contributed by atoms with Gasteiger partial charge in [0.1, 0.15) is 0 Å². The molecule has 0 aliphatic rings. The minimum atomic E-state index is 0.664. The average molecular weight is 427 g/mol. The molecular weight excluding hydrogens is 408 g/mol. The van der Waals surface area contributed by atoms with Crippen molar-refractivity contribution in [2.24, 2.45) is 0 Å². The van der Waals surface area contributed by atoms with E-state index in [9.17, 15) is 5.26 Å². The van der Waals surface area contributed by atoms with Crippen molar-refractivity contribution in [3.63, 3.8) is 0 Å². The maximum absolute atomic E-state index is 9.84. The SMILES string of the molecule is N#Cc1cc(-c2ccccc2)c(-n2c3ccccc3c3ccccc32)c(-c2cccs2)c1. The van der Waals surface area contributed by atoms with E-state index in [4.69, 9.17) is 0 Å². The molecule has 0 saturated carbocycles. The van der Waals surface area contributed by atoms with Crippen LogP contribution in [0.1, 0.15) is 5.56 Å². The molecule has 4 aromatic carbocycles. The van der Waals surface area contributed by atoms with Crippen molar-refractivity contribution in [1.29, 1.82) is 5.26 Å². The monoisotopic (exact) mass is 426 g/mol. The second kappa shape index (κ2) is 7.53. The number of aromatic nitrogens is 1. The lowest BCUT2D eigenvalue weighted by Crippen LogP contribution is -2.01. The first-order valence-corrected chi connectivity index (χ1v) is 11.4. The van der Waals surface area contributed by atoms with Gasteiger partial charge >= 0.3 is 0 Å². The summed E-state index contributed by atoms with van der Waals surface area (Å²) >= 11 is 1.70. The van der Waals surface area contributed by atoms with Gasteiger partial charge in [0.15, 0.2) is 0 Å². The van der Waals surface area contributed by atoms with Crippen LogP contribution in [0.25, 0.3) is 49.1 Å². The molecule has 0 amide bonds. The number of hydrogen-bond acceptors (Lipinski definition) is 2. The molecule has 0 unspecified atom stereocenters. The molecule has 6 rings (SSSR count). The Bertz CT molecular complexity index is 1560. The molecule has 2 nitrogen and oxygen atoms in total. The molecule has 0 spiro atoms. The third kappa shape index (κ3) is 2.85. The zero-order chi connectivity index (χ0) is 21.5. The van der Waals surface area contributed by atoms with Crippen LogP contribution in [0.2, 0.25) is 0 Å². The summed E-state index contributed by atoms with van der Waals surface area (Å²) in [6.07, 6.45) is 0. The number of nitrogens with zero attached hydrogens (tertiary/aromatic N) is 2. The van der Waals surface area contributed by atoms with Crippen LogP contribution < -0.4 is 0 Å². The summed E-state index contributed by atoms with van der Waals surface area (Å²) < 4.78 is 2.36. The number of nitriles is 1. The molecule has 0 radical (unpaired) electrons. The molecular formula is C29H18N2S. The molecule has 2 heterocycles. The molecule has 0 bridgehead atoms. The van der Waals surface area contributed by atoms with E-state index >= 15 is 0 Å². The van der Waals surface area contributed by atoms with Gasteiger partial charge in [-0.05, 0) is 41.3 Å². The van der Waals surface area contributed by atoms with E-state index in [1.54, 1.807) is 11.3 Å². The summed E-state index contributed by atoms with van der Waals surface area (Å²) in [7, 11) is 0. The Hall–Kier alpha value is -4.13. The highest BCUT2D eigenvalue weighted by atomic mass is 32.1. The number of fused-ring (bicyclic) bond motifs is 3. The van der Waals surface area contributed by atoms with Gasteiger partial charge in [-0.3, -0.25) is 0 Å². The van der Waals surface area contributed by atoms with E-state index in [-0.39, 0.29) is 0 Å². The minimum absolute atomic E-state index is 0.664. The summed E-state index contributed by atoms with van der Waals surface area (Å²) in [4.78, 5) is 1.15. The van der Waals surface area contributed by atoms with Crippen LogP contribution in [0.3, 0.4) is 0 Å². The Morgan fingerprint density at radius 3 is 1.91 bits per heavy atom. The first-order valence-electron chi connectivity index (χ1n) is 10.5. The number of rotatable bonds is 3. The van der Waals surface area contributed by atoms with Gasteiger partial charge in [-0.2, -0.15) is 5.26 Å². The van der Waals surface area contributed by atoms with Gasteiger partial charge < -0.3 is 4.57 Å². The van der Waals surface area contributed by atoms with E-state index in [1.165, 1.54) is 10.8 Å². The number of hydrogen-bond donors (Lipinski definition) is 0. The molecule has 0 saturated heterocycles. The fourth-order valence-corrected chi connectivity index (χ4v) is 5.30. The quantitative estimate of drug-likeness (QED) is 0.281. The van der Waals surface area contributed by atoms with Crippen molar-refractivity contribution in [1.82, 2.24) is 4.57 Å². The Labute approximate surface area is 190 Å². The van der Waals surface area contributed by atoms with Crippen molar-refractivity contribution in [3.8, 4) is 33.3 Å². The summed E-state index contributed by atoms with van der Waals surface area (Å²) in [5.41, 5.74) is 7.32. The van der Waals surface area contributed by atoms with Gasteiger partial charge in [0.05, 0.1) is 28.4 Å². The molecule has 0 fully saturated rings. The van der Waals surface area contributed by atoms with E-state index in [0.29, 0.717) is 5.56 Å². The topological polar surface area (TPSA) is 28.7 Å². The smallest absolute Gasteiger partial charge is 0.0992 e. The van der Waals surface area contributed by atoms with Gasteiger partial charge in [-0.1, -0.05) is 72.8 Å². The molecule has 0 aliphatic carbocycles. The van der Waals surface area contributed by atoms with Crippen LogP contribution in [-0.4, -0.2) is 4.57 Å². The number of para-hydroxylation sites is 2. The van der Waals surface area contributed by atoms with Crippen LogP contribution in [0, 0.1) is 11.3 Å². The van der Waals surface area contributed by atoms with Crippen LogP contribution >= 0.6 is 11.3 Å². The molecule has 150 valence electrons. The number of thiophene rings is 1. The lowest BCUT2D eigenvalue weighted by molar-refractivity contribution is 1.18. The third-order valence-electron chi connectivity index (χ3n) is 5.91. The molecule has 0 aliphatic heterocycles. The van der Waals surface area contributed by atoms with Crippen LogP contribution in [0.5, 0.6) is 0 Å². The highest BCUT2D eigenvalue weighted by Gasteiger charge is 2.21. The summed E-state index contributed by atoms with van der Waals surface area (Å²) in [6, 6.07) is 38.1. The molecule has 6 aromatic rings. The average Bonchev–Trinajstić information content (AvgIpc) is 3.51. The fourth-order valence-electron chi connectivity index (χ4n) is 4.56. The van der Waals surface area contributed by atoms with Crippen molar-refractivity contribution in [2.45, 2.75) is 0 Å². The third-order valence-corrected chi connectivity index (χ3v) is 6.82. The first kappa shape index (κ1) is 18.6. The van der Waals surface area contributed by atoms with Gasteiger partial charge in [0.25, 0.3) is 0 Å². The van der Waals surface area contributed by atoms with E-state index in [1.807, 2.05) is 18.2 Å². The van der Waals surface area contributed by atoms with Crippen LogP contribution in [0.4, 0.5) is 0 Å². The largest absolute Gasteiger partial charge is 0.308 e. The van der Waals surface area contributed by atoms with Crippen LogP contribution in [0.15, 0.2) is 109 Å². The van der Waals surface area contributed by atoms with Crippen molar-refractivity contribution < 1.29 is 0 Å². The Morgan fingerprint density at radius 1 is 0.656 bits per heavy atom. The van der Waals surface area contributed by atoms with Gasteiger partial charge in [0, 0.05) is 26.8 Å². The van der Waals surface area contributed by atoms with Crippen molar-refractivity contribution >= 4 is 33.1 Å². The zero-order valence-corrected chi connectivity index (χ0v) is 18.0. The fraction of sp³-hybridized carbons (Fsp3) is 0. The molecule has 0 atom stereocenters. The summed E-state index contributed by atoms with van der Waals surface area (Å²) in [5, 5.41) is 14.4. The number of benzene rings is 4. The van der Waals surface area contributed by atoms with Crippen molar-refractivity contribution in [2.75, 3.05) is 0 Å². The van der Waals surface area contributed by atoms with Crippen LogP contribution in [-0.2, 0) is 0 Å². The highest BCUT2D eigenvalue weighted by Crippen LogP contribution is 2.42. The Kier molecular flexibility index (Phi) is 4.38. The lowest BCUT2D eigenvalue weighted by atomic mass is 9.96. The lowest BCUT2D eigenvalue weighted by Gasteiger charge is -2.19. The van der Waals surface area contributed by atoms with Gasteiger partial charge in [-0.25, -0.2) is 0 Å². The highest BCUT2D eigenvalue weighted by molar-refractivity contribution is 7.13. The molecule has 3 heteroatoms. The van der Waals surface area contributed by atoms with E-state index in [0.717, 1.165) is 38.3 Å². The summed E-state index contributed by atoms with van der Waals surface area (Å²) in [6.45, 7) is 0. The second-order valence-electron chi connectivity index (χ2n) is 7.74. The minimum Gasteiger partial charge on any atom is -0.308 e. The Morgan fingerprint density at radius 2 is 1.28 bits per heavy atom. The van der Waals surface area contributed by atoms with Crippen molar-refractivity contribution in [3.05, 3.63) is 114 Å². The molecule has 0 N–H and O–H groups in total. The van der Waals surface area contributed by atoms with E-state index in [2.05, 4.69) is 101 Å². The predicted octanol–water partition coefficient (Wildman–Crippen LogP) is 8.05. The molecule has 2 aromatic heterocycles. The summed E-state index contributed by atoms with van der Waals surface area (Å²) in [5.74, 6) is 0. The first-order chi connectivity index (χ1) is 15.8. The Balaban J connectivity index is 1.84. The second-order valence-corrected chi connectivity index (χ2v) is 8.69. The van der Waals surface area contributed by atoms with E-state index < -0.39 is 0 Å². The van der Waals surface area contributed by atoms with Gasteiger partial charge in [0.2, 0.25) is 0 Å². The maximum atomic E-state index is 9.84. The maximum Gasteiger partial charge on any atom is 0.0992 e.